The summed E-state index contributed by atoms with van der Waals surface area (Å²) in [6, 6.07) is 6.79. The summed E-state index contributed by atoms with van der Waals surface area (Å²) in [6.07, 6.45) is 5.22. The Balaban J connectivity index is 1.62. The summed E-state index contributed by atoms with van der Waals surface area (Å²) in [4.78, 5) is 13.4. The van der Waals surface area contributed by atoms with Crippen molar-refractivity contribution >= 4 is 38.7 Å². The van der Waals surface area contributed by atoms with Crippen LogP contribution in [0.1, 0.15) is 66.2 Å². The predicted molar refractivity (Wildman–Crippen MR) is 123 cm³/mol. The maximum absolute atomic E-state index is 12.9. The molecule has 6 nitrogen and oxygen atoms in total. The van der Waals surface area contributed by atoms with E-state index in [0.29, 0.717) is 22.3 Å². The van der Waals surface area contributed by atoms with Crippen LogP contribution in [0, 0.1) is 17.2 Å². The van der Waals surface area contributed by atoms with Crippen LogP contribution in [0.5, 0.6) is 0 Å². The van der Waals surface area contributed by atoms with Crippen molar-refractivity contribution in [3.63, 3.8) is 0 Å². The van der Waals surface area contributed by atoms with Gasteiger partial charge < -0.3 is 5.32 Å². The average molecular weight is 456 g/mol. The topological polar surface area (TPSA) is 99.1 Å². The Bertz CT molecular complexity index is 1220. The van der Waals surface area contributed by atoms with Crippen molar-refractivity contribution in [1.82, 2.24) is 4.72 Å². The maximum atomic E-state index is 12.9. The van der Waals surface area contributed by atoms with Crippen LogP contribution >= 0.6 is 11.3 Å². The van der Waals surface area contributed by atoms with E-state index >= 15 is 0 Å². The van der Waals surface area contributed by atoms with Crippen LogP contribution in [0.3, 0.4) is 0 Å². The lowest BCUT2D eigenvalue weighted by atomic mass is 9.91. The minimum absolute atomic E-state index is 0.00643. The Labute approximate surface area is 187 Å². The first-order valence-corrected chi connectivity index (χ1v) is 12.7. The first-order chi connectivity index (χ1) is 14.7. The van der Waals surface area contributed by atoms with Crippen LogP contribution in [0.2, 0.25) is 0 Å². The molecule has 0 spiro atoms. The number of urea groups is 1. The molecule has 0 bridgehead atoms. The number of hydrogen-bond donors (Lipinski definition) is 2. The monoisotopic (exact) mass is 455 g/mol. The van der Waals surface area contributed by atoms with Gasteiger partial charge in [0.25, 0.3) is 10.0 Å². The molecular formula is C23H25N3O3S2. The van der Waals surface area contributed by atoms with Gasteiger partial charge in [0.15, 0.2) is 4.21 Å². The van der Waals surface area contributed by atoms with Crippen LogP contribution in [-0.2, 0) is 22.9 Å². The number of carbonyl (C=O) groups is 1. The summed E-state index contributed by atoms with van der Waals surface area (Å²) in [5.41, 5.74) is 4.79. The molecule has 2 N–H and O–H groups in total. The molecule has 1 heterocycles. The third kappa shape index (κ3) is 4.25. The third-order valence-electron chi connectivity index (χ3n) is 6.08. The number of anilines is 1. The molecule has 0 saturated heterocycles. The summed E-state index contributed by atoms with van der Waals surface area (Å²) in [7, 11) is -4.19. The molecule has 2 aliphatic rings. The molecule has 1 unspecified atom stereocenters. The number of sulfonamides is 1. The van der Waals surface area contributed by atoms with Gasteiger partial charge in [0.2, 0.25) is 0 Å². The van der Waals surface area contributed by atoms with Gasteiger partial charge in [0.1, 0.15) is 6.07 Å². The number of rotatable bonds is 6. The highest BCUT2D eigenvalue weighted by atomic mass is 32.2. The van der Waals surface area contributed by atoms with Crippen molar-refractivity contribution in [2.24, 2.45) is 5.92 Å². The molecule has 2 aliphatic carbocycles. The summed E-state index contributed by atoms with van der Waals surface area (Å²) < 4.78 is 27.7. The van der Waals surface area contributed by atoms with E-state index in [1.807, 2.05) is 6.07 Å². The van der Waals surface area contributed by atoms with Crippen molar-refractivity contribution in [2.75, 3.05) is 5.32 Å². The number of hydrogen-bond acceptors (Lipinski definition) is 5. The Morgan fingerprint density at radius 3 is 2.71 bits per heavy atom. The number of fused-ring (bicyclic) bond motifs is 1. The molecule has 2 aromatic rings. The first-order valence-electron chi connectivity index (χ1n) is 10.4. The number of nitrogens with one attached hydrogen (secondary N) is 2. The largest absolute Gasteiger partial charge is 0.333 e. The molecule has 0 radical (unpaired) electrons. The standard InChI is InChI=1S/C23H25N3O3S2/c1-13(2)20-11-17(12-24)22(30-20)31(28,29)26-23(27)25-21-18(14(3)15-7-8-15)10-9-16-5-4-6-19(16)21/h9-11,14-15H,1,4-8H2,2-3H3,(H2,25,26,27). The second-order valence-corrected chi connectivity index (χ2v) is 11.3. The fourth-order valence-corrected chi connectivity index (χ4v) is 6.61. The van der Waals surface area contributed by atoms with E-state index in [9.17, 15) is 18.5 Å². The van der Waals surface area contributed by atoms with E-state index < -0.39 is 16.1 Å². The Morgan fingerprint density at radius 2 is 2.06 bits per heavy atom. The van der Waals surface area contributed by atoms with Crippen LogP contribution < -0.4 is 10.0 Å². The quantitative estimate of drug-likeness (QED) is 0.628. The molecule has 31 heavy (non-hydrogen) atoms. The van der Waals surface area contributed by atoms with Gasteiger partial charge in [-0.2, -0.15) is 5.26 Å². The molecule has 1 fully saturated rings. The SMILES string of the molecule is C=C(C)c1cc(C#N)c(S(=O)(=O)NC(=O)Nc2c(C(C)C3CC3)ccc3c2CCC3)s1. The van der Waals surface area contributed by atoms with Crippen LogP contribution in [0.15, 0.2) is 29.0 Å². The summed E-state index contributed by atoms with van der Waals surface area (Å²) in [6.45, 7) is 7.70. The highest BCUT2D eigenvalue weighted by Gasteiger charge is 2.33. The number of allylic oxidation sites excluding steroid dienone is 1. The predicted octanol–water partition coefficient (Wildman–Crippen LogP) is 5.17. The fourth-order valence-electron chi connectivity index (χ4n) is 4.23. The Morgan fingerprint density at radius 1 is 1.32 bits per heavy atom. The molecule has 0 aliphatic heterocycles. The molecule has 1 saturated carbocycles. The molecule has 8 heteroatoms. The van der Waals surface area contributed by atoms with Crippen LogP contribution in [0.25, 0.3) is 5.57 Å². The number of aryl methyl sites for hydroxylation is 1. The lowest BCUT2D eigenvalue weighted by Crippen LogP contribution is -2.35. The zero-order valence-corrected chi connectivity index (χ0v) is 19.3. The van der Waals surface area contributed by atoms with Gasteiger partial charge in [-0.25, -0.2) is 17.9 Å². The van der Waals surface area contributed by atoms with Crippen molar-refractivity contribution in [2.45, 2.75) is 56.1 Å². The molecule has 1 atom stereocenters. The number of carbonyl (C=O) groups excluding carboxylic acids is 1. The molecule has 1 aromatic heterocycles. The number of benzene rings is 1. The molecular weight excluding hydrogens is 430 g/mol. The lowest BCUT2D eigenvalue weighted by molar-refractivity contribution is 0.256. The van der Waals surface area contributed by atoms with Gasteiger partial charge >= 0.3 is 6.03 Å². The van der Waals surface area contributed by atoms with Crippen molar-refractivity contribution in [3.8, 4) is 6.07 Å². The van der Waals surface area contributed by atoms with E-state index in [2.05, 4.69) is 35.7 Å². The maximum Gasteiger partial charge on any atom is 0.333 e. The average Bonchev–Trinajstić information content (AvgIpc) is 3.26. The zero-order chi connectivity index (χ0) is 22.3. The molecule has 2 amide bonds. The minimum Gasteiger partial charge on any atom is -0.307 e. The normalized spacial score (nSPS) is 16.3. The van der Waals surface area contributed by atoms with Gasteiger partial charge in [-0.1, -0.05) is 25.6 Å². The second-order valence-electron chi connectivity index (χ2n) is 8.41. The zero-order valence-electron chi connectivity index (χ0n) is 17.6. The lowest BCUT2D eigenvalue weighted by Gasteiger charge is -2.20. The van der Waals surface area contributed by atoms with Crippen LogP contribution in [-0.4, -0.2) is 14.4 Å². The fraction of sp³-hybridized carbons (Fsp3) is 0.391. The summed E-state index contributed by atoms with van der Waals surface area (Å²) >= 11 is 0.935. The Kier molecular flexibility index (Phi) is 5.67. The van der Waals surface area contributed by atoms with E-state index in [1.165, 1.54) is 24.5 Å². The number of amides is 2. The first kappa shape index (κ1) is 21.6. The minimum atomic E-state index is -4.19. The number of nitriles is 1. The van der Waals surface area contributed by atoms with E-state index in [4.69, 9.17) is 0 Å². The van der Waals surface area contributed by atoms with Crippen molar-refractivity contribution in [1.29, 1.82) is 5.26 Å². The van der Waals surface area contributed by atoms with Gasteiger partial charge in [0.05, 0.1) is 5.56 Å². The highest BCUT2D eigenvalue weighted by molar-refractivity contribution is 7.92. The summed E-state index contributed by atoms with van der Waals surface area (Å²) in [5, 5.41) is 12.2. The van der Waals surface area contributed by atoms with E-state index in [0.717, 1.165) is 47.4 Å². The number of nitrogens with zero attached hydrogens (tertiary/aromatic N) is 1. The molecule has 162 valence electrons. The van der Waals surface area contributed by atoms with Crippen molar-refractivity contribution in [3.05, 3.63) is 51.9 Å². The smallest absolute Gasteiger partial charge is 0.307 e. The highest BCUT2D eigenvalue weighted by Crippen LogP contribution is 2.46. The summed E-state index contributed by atoms with van der Waals surface area (Å²) in [5.74, 6) is 0.912. The van der Waals surface area contributed by atoms with Gasteiger partial charge in [0, 0.05) is 10.6 Å². The van der Waals surface area contributed by atoms with Gasteiger partial charge in [-0.15, -0.1) is 11.3 Å². The van der Waals surface area contributed by atoms with Crippen molar-refractivity contribution < 1.29 is 13.2 Å². The third-order valence-corrected chi connectivity index (χ3v) is 9.25. The van der Waals surface area contributed by atoms with Gasteiger partial charge in [-0.05, 0) is 79.2 Å². The Hall–Kier alpha value is -2.63. The van der Waals surface area contributed by atoms with E-state index in [-0.39, 0.29) is 9.77 Å². The second kappa shape index (κ2) is 8.13. The molecule has 4 rings (SSSR count). The van der Waals surface area contributed by atoms with Gasteiger partial charge in [-0.3, -0.25) is 0 Å². The van der Waals surface area contributed by atoms with Crippen LogP contribution in [0.4, 0.5) is 10.5 Å². The number of thiophene rings is 1. The van der Waals surface area contributed by atoms with E-state index in [1.54, 1.807) is 6.92 Å². The molecule has 1 aromatic carbocycles.